The molecule has 0 radical (unpaired) electrons. The van der Waals surface area contributed by atoms with Gasteiger partial charge in [0.1, 0.15) is 5.82 Å². The summed E-state index contributed by atoms with van der Waals surface area (Å²) in [5.41, 5.74) is 8.03. The van der Waals surface area contributed by atoms with E-state index in [4.69, 9.17) is 5.73 Å². The molecule has 1 aliphatic heterocycles. The molecule has 1 fully saturated rings. The average molecular weight is 450 g/mol. The molecule has 0 aliphatic carbocycles. The number of nitrogens with two attached hydrogens (primary N) is 1. The Morgan fingerprint density at radius 2 is 1.82 bits per heavy atom. The van der Waals surface area contributed by atoms with Crippen molar-refractivity contribution < 1.29 is 14.7 Å². The lowest BCUT2D eigenvalue weighted by atomic mass is 9.93. The van der Waals surface area contributed by atoms with E-state index in [0.29, 0.717) is 29.2 Å². The van der Waals surface area contributed by atoms with Crippen LogP contribution in [0.4, 0.5) is 5.82 Å². The molecule has 33 heavy (non-hydrogen) atoms. The standard InChI is InChI=1S/C25H31N5O3/c1-16-12-23-27-20(14-21(31)18-4-6-19(7-5-18)25(2,3)33)15-24(30(23)28-16)29-10-8-17(9-11-29)13-22(26)32/h4-7,12,15,17,33H,8-11,13-14H2,1-3H3,(H2,26,32). The van der Waals surface area contributed by atoms with Crippen molar-refractivity contribution in [1.29, 1.82) is 0 Å². The van der Waals surface area contributed by atoms with Crippen molar-refractivity contribution in [2.24, 2.45) is 11.7 Å². The Hall–Kier alpha value is -3.26. The van der Waals surface area contributed by atoms with E-state index >= 15 is 0 Å². The lowest BCUT2D eigenvalue weighted by Gasteiger charge is -2.33. The summed E-state index contributed by atoms with van der Waals surface area (Å²) in [6, 6.07) is 10.9. The van der Waals surface area contributed by atoms with Gasteiger partial charge in [0.05, 0.1) is 23.4 Å². The molecule has 8 nitrogen and oxygen atoms in total. The molecule has 0 atom stereocenters. The van der Waals surface area contributed by atoms with E-state index in [2.05, 4.69) is 15.0 Å². The number of fused-ring (bicyclic) bond motifs is 1. The van der Waals surface area contributed by atoms with Crippen LogP contribution in [0.25, 0.3) is 5.65 Å². The van der Waals surface area contributed by atoms with E-state index in [-0.39, 0.29) is 18.1 Å². The summed E-state index contributed by atoms with van der Waals surface area (Å²) in [6.45, 7) is 6.94. The Kier molecular flexibility index (Phi) is 6.21. The van der Waals surface area contributed by atoms with Crippen molar-refractivity contribution in [1.82, 2.24) is 14.6 Å². The zero-order valence-electron chi connectivity index (χ0n) is 19.4. The number of aromatic nitrogens is 3. The van der Waals surface area contributed by atoms with Crippen molar-refractivity contribution in [2.45, 2.75) is 52.1 Å². The number of piperidine rings is 1. The SMILES string of the molecule is Cc1cc2nc(CC(=O)c3ccc(C(C)(C)O)cc3)cc(N3CCC(CC(N)=O)CC3)n2n1. The molecule has 0 bridgehead atoms. The molecule has 174 valence electrons. The van der Waals surface area contributed by atoms with E-state index in [0.717, 1.165) is 43.0 Å². The predicted octanol–water partition coefficient (Wildman–Crippen LogP) is 2.78. The topological polar surface area (TPSA) is 114 Å². The molecule has 0 unspecified atom stereocenters. The summed E-state index contributed by atoms with van der Waals surface area (Å²) in [5, 5.41) is 14.7. The number of benzene rings is 1. The highest BCUT2D eigenvalue weighted by Crippen LogP contribution is 2.27. The zero-order chi connectivity index (χ0) is 23.8. The molecule has 4 rings (SSSR count). The van der Waals surface area contributed by atoms with Gasteiger partial charge in [-0.1, -0.05) is 24.3 Å². The monoisotopic (exact) mass is 449 g/mol. The minimum atomic E-state index is -0.951. The fraction of sp³-hybridized carbons (Fsp3) is 0.440. The van der Waals surface area contributed by atoms with Gasteiger partial charge < -0.3 is 15.7 Å². The van der Waals surface area contributed by atoms with Gasteiger partial charge >= 0.3 is 0 Å². The second-order valence-electron chi connectivity index (χ2n) is 9.50. The number of primary amides is 1. The highest BCUT2D eigenvalue weighted by atomic mass is 16.3. The quantitative estimate of drug-likeness (QED) is 0.536. The zero-order valence-corrected chi connectivity index (χ0v) is 19.4. The molecule has 2 aromatic heterocycles. The summed E-state index contributed by atoms with van der Waals surface area (Å²) < 4.78 is 1.83. The minimum absolute atomic E-state index is 0.0310. The number of carbonyl (C=O) groups excluding carboxylic acids is 2. The Labute approximate surface area is 193 Å². The number of aryl methyl sites for hydroxylation is 1. The molecular weight excluding hydrogens is 418 g/mol. The van der Waals surface area contributed by atoms with Crippen molar-refractivity contribution in [3.05, 3.63) is 58.9 Å². The van der Waals surface area contributed by atoms with E-state index in [1.54, 1.807) is 38.1 Å². The number of Topliss-reactive ketones (excluding diaryl/α,β-unsaturated/α-hetero) is 1. The lowest BCUT2D eigenvalue weighted by Crippen LogP contribution is -2.36. The largest absolute Gasteiger partial charge is 0.386 e. The van der Waals surface area contributed by atoms with Gasteiger partial charge in [0.25, 0.3) is 0 Å². The number of amides is 1. The molecular formula is C25H31N5O3. The number of nitrogens with zero attached hydrogens (tertiary/aromatic N) is 4. The number of hydrogen-bond donors (Lipinski definition) is 2. The van der Waals surface area contributed by atoms with Gasteiger partial charge in [0, 0.05) is 37.2 Å². The summed E-state index contributed by atoms with van der Waals surface area (Å²) in [6.07, 6.45) is 2.36. The first-order valence-corrected chi connectivity index (χ1v) is 11.4. The number of ketones is 1. The molecule has 0 spiro atoms. The van der Waals surface area contributed by atoms with Crippen LogP contribution in [-0.2, 0) is 16.8 Å². The highest BCUT2D eigenvalue weighted by Gasteiger charge is 2.24. The van der Waals surface area contributed by atoms with Gasteiger partial charge in [0.15, 0.2) is 11.4 Å². The first-order chi connectivity index (χ1) is 15.6. The maximum absolute atomic E-state index is 13.0. The molecule has 8 heteroatoms. The van der Waals surface area contributed by atoms with E-state index < -0.39 is 5.60 Å². The number of anilines is 1. The highest BCUT2D eigenvalue weighted by molar-refractivity contribution is 5.97. The molecule has 1 aromatic carbocycles. The fourth-order valence-electron chi connectivity index (χ4n) is 4.42. The van der Waals surface area contributed by atoms with Crippen LogP contribution in [0.3, 0.4) is 0 Å². The first kappa shape index (κ1) is 22.9. The second kappa shape index (κ2) is 8.94. The fourth-order valence-corrected chi connectivity index (χ4v) is 4.42. The van der Waals surface area contributed by atoms with Crippen LogP contribution in [-0.4, -0.2) is 44.5 Å². The second-order valence-corrected chi connectivity index (χ2v) is 9.50. The van der Waals surface area contributed by atoms with E-state index in [1.165, 1.54) is 0 Å². The minimum Gasteiger partial charge on any atom is -0.386 e. The van der Waals surface area contributed by atoms with Crippen LogP contribution in [0.5, 0.6) is 0 Å². The summed E-state index contributed by atoms with van der Waals surface area (Å²) in [5.74, 6) is 0.935. The Morgan fingerprint density at radius 3 is 2.42 bits per heavy atom. The van der Waals surface area contributed by atoms with Crippen LogP contribution in [0.15, 0.2) is 36.4 Å². The average Bonchev–Trinajstić information content (AvgIpc) is 3.13. The van der Waals surface area contributed by atoms with Crippen LogP contribution >= 0.6 is 0 Å². The van der Waals surface area contributed by atoms with Crippen LogP contribution in [0, 0.1) is 12.8 Å². The van der Waals surface area contributed by atoms with Gasteiger partial charge in [-0.05, 0) is 45.1 Å². The number of carbonyl (C=O) groups is 2. The van der Waals surface area contributed by atoms with E-state index in [1.807, 2.05) is 23.6 Å². The molecule has 3 N–H and O–H groups in total. The van der Waals surface area contributed by atoms with Crippen molar-refractivity contribution >= 4 is 23.2 Å². The van der Waals surface area contributed by atoms with Gasteiger partial charge in [-0.2, -0.15) is 9.61 Å². The van der Waals surface area contributed by atoms with Gasteiger partial charge in [-0.3, -0.25) is 9.59 Å². The van der Waals surface area contributed by atoms with Crippen molar-refractivity contribution in [3.63, 3.8) is 0 Å². The van der Waals surface area contributed by atoms with Crippen LogP contribution < -0.4 is 10.6 Å². The molecule has 1 amide bonds. The molecule has 3 aromatic rings. The molecule has 1 saturated heterocycles. The van der Waals surface area contributed by atoms with Gasteiger partial charge in [0.2, 0.25) is 5.91 Å². The predicted molar refractivity (Wildman–Crippen MR) is 126 cm³/mol. The third-order valence-corrected chi connectivity index (χ3v) is 6.27. The Balaban J connectivity index is 1.56. The molecule has 0 saturated carbocycles. The maximum atomic E-state index is 13.0. The summed E-state index contributed by atoms with van der Waals surface area (Å²) >= 11 is 0. The summed E-state index contributed by atoms with van der Waals surface area (Å²) in [4.78, 5) is 31.2. The van der Waals surface area contributed by atoms with Crippen molar-refractivity contribution in [2.75, 3.05) is 18.0 Å². The molecule has 3 heterocycles. The third kappa shape index (κ3) is 5.22. The van der Waals surface area contributed by atoms with Gasteiger partial charge in [-0.15, -0.1) is 0 Å². The van der Waals surface area contributed by atoms with Crippen LogP contribution in [0.2, 0.25) is 0 Å². The first-order valence-electron chi connectivity index (χ1n) is 11.4. The number of rotatable bonds is 7. The van der Waals surface area contributed by atoms with E-state index in [9.17, 15) is 14.7 Å². The third-order valence-electron chi connectivity index (χ3n) is 6.27. The number of aliphatic hydroxyl groups is 1. The van der Waals surface area contributed by atoms with Gasteiger partial charge in [-0.25, -0.2) is 4.98 Å². The maximum Gasteiger partial charge on any atom is 0.217 e. The van der Waals surface area contributed by atoms with Crippen molar-refractivity contribution in [3.8, 4) is 0 Å². The summed E-state index contributed by atoms with van der Waals surface area (Å²) in [7, 11) is 0. The molecule has 1 aliphatic rings. The van der Waals surface area contributed by atoms with Crippen LogP contribution in [0.1, 0.15) is 60.4 Å². The Morgan fingerprint density at radius 1 is 1.15 bits per heavy atom. The normalized spacial score (nSPS) is 15.2. The smallest absolute Gasteiger partial charge is 0.217 e. The number of hydrogen-bond acceptors (Lipinski definition) is 6. The Bertz CT molecular complexity index is 1170. The lowest BCUT2D eigenvalue weighted by molar-refractivity contribution is -0.119.